The summed E-state index contributed by atoms with van der Waals surface area (Å²) in [6, 6.07) is 7.41. The van der Waals surface area contributed by atoms with Gasteiger partial charge in [-0.05, 0) is 35.8 Å². The molecular formula is C17H26N2O3Si. The van der Waals surface area contributed by atoms with Gasteiger partial charge in [-0.3, -0.25) is 15.0 Å². The lowest BCUT2D eigenvalue weighted by molar-refractivity contribution is -0.120. The molecule has 0 atom stereocenters. The predicted octanol–water partition coefficient (Wildman–Crippen LogP) is 3.65. The van der Waals surface area contributed by atoms with Crippen LogP contribution in [-0.2, 0) is 15.8 Å². The second-order valence-electron chi connectivity index (χ2n) is 7.47. The first-order valence-corrected chi connectivity index (χ1v) is 10.9. The number of benzene rings is 1. The van der Waals surface area contributed by atoms with Crippen molar-refractivity contribution in [3.63, 3.8) is 0 Å². The molecule has 126 valence electrons. The number of anilines is 1. The van der Waals surface area contributed by atoms with Gasteiger partial charge >= 0.3 is 6.03 Å². The molecule has 1 heterocycles. The smallest absolute Gasteiger partial charge is 0.328 e. The Morgan fingerprint density at radius 2 is 1.96 bits per heavy atom. The van der Waals surface area contributed by atoms with E-state index in [1.807, 2.05) is 24.3 Å². The number of nitrogens with one attached hydrogen (secondary N) is 1. The third kappa shape index (κ3) is 4.20. The molecule has 23 heavy (non-hydrogen) atoms. The quantitative estimate of drug-likeness (QED) is 0.855. The van der Waals surface area contributed by atoms with Crippen molar-refractivity contribution in [1.82, 2.24) is 5.32 Å². The number of carbonyl (C=O) groups is 2. The molecule has 0 radical (unpaired) electrons. The van der Waals surface area contributed by atoms with E-state index in [9.17, 15) is 9.59 Å². The average Bonchev–Trinajstić information content (AvgIpc) is 2.44. The summed E-state index contributed by atoms with van der Waals surface area (Å²) in [5, 5.41) is 2.51. The largest absolute Gasteiger partial charge is 0.413 e. The van der Waals surface area contributed by atoms with E-state index in [1.165, 1.54) is 0 Å². The van der Waals surface area contributed by atoms with Crippen molar-refractivity contribution in [2.45, 2.75) is 51.9 Å². The van der Waals surface area contributed by atoms with Crippen LogP contribution in [0.1, 0.15) is 32.8 Å². The number of urea groups is 1. The highest BCUT2D eigenvalue weighted by atomic mass is 28.4. The summed E-state index contributed by atoms with van der Waals surface area (Å²) in [7, 11) is -1.80. The Morgan fingerprint density at radius 3 is 2.57 bits per heavy atom. The molecule has 1 aliphatic rings. The third-order valence-electron chi connectivity index (χ3n) is 4.68. The van der Waals surface area contributed by atoms with E-state index in [0.717, 1.165) is 11.3 Å². The minimum absolute atomic E-state index is 0.164. The Morgan fingerprint density at radius 1 is 1.26 bits per heavy atom. The average molecular weight is 334 g/mol. The van der Waals surface area contributed by atoms with Crippen molar-refractivity contribution in [2.24, 2.45) is 0 Å². The lowest BCUT2D eigenvalue weighted by Gasteiger charge is -2.36. The van der Waals surface area contributed by atoms with Gasteiger partial charge in [0.1, 0.15) is 0 Å². The molecule has 0 aromatic heterocycles. The minimum atomic E-state index is -1.80. The zero-order valence-electron chi connectivity index (χ0n) is 14.6. The first kappa shape index (κ1) is 17.7. The molecule has 6 heteroatoms. The SMILES string of the molecule is CC(C)(C)[Si](C)(C)OCc1cccc(N2CCC(=O)NC2=O)c1. The normalized spacial score (nSPS) is 16.5. The summed E-state index contributed by atoms with van der Waals surface area (Å²) in [5.74, 6) is -0.219. The molecular weight excluding hydrogens is 308 g/mol. The van der Waals surface area contributed by atoms with E-state index < -0.39 is 8.32 Å². The van der Waals surface area contributed by atoms with Crippen molar-refractivity contribution in [2.75, 3.05) is 11.4 Å². The van der Waals surface area contributed by atoms with Crippen molar-refractivity contribution in [3.05, 3.63) is 29.8 Å². The zero-order chi connectivity index (χ0) is 17.3. The van der Waals surface area contributed by atoms with E-state index in [1.54, 1.807) is 4.90 Å². The highest BCUT2D eigenvalue weighted by Crippen LogP contribution is 2.37. The summed E-state index contributed by atoms with van der Waals surface area (Å²) in [4.78, 5) is 24.8. The lowest BCUT2D eigenvalue weighted by atomic mass is 10.2. The summed E-state index contributed by atoms with van der Waals surface area (Å²) in [5.41, 5.74) is 1.84. The van der Waals surface area contributed by atoms with Gasteiger partial charge in [0, 0.05) is 18.7 Å². The number of imide groups is 1. The van der Waals surface area contributed by atoms with Crippen LogP contribution in [0.3, 0.4) is 0 Å². The Balaban J connectivity index is 2.09. The number of amides is 3. The van der Waals surface area contributed by atoms with Gasteiger partial charge < -0.3 is 4.43 Å². The van der Waals surface area contributed by atoms with Crippen molar-refractivity contribution in [3.8, 4) is 0 Å². The first-order chi connectivity index (χ1) is 10.6. The Hall–Kier alpha value is -1.66. The fourth-order valence-corrected chi connectivity index (χ4v) is 3.07. The number of hydrogen-bond donors (Lipinski definition) is 1. The van der Waals surface area contributed by atoms with Crippen LogP contribution in [0.5, 0.6) is 0 Å². The van der Waals surface area contributed by atoms with Crippen molar-refractivity contribution >= 4 is 25.9 Å². The van der Waals surface area contributed by atoms with Crippen LogP contribution in [0.15, 0.2) is 24.3 Å². The molecule has 1 aliphatic heterocycles. The van der Waals surface area contributed by atoms with Crippen LogP contribution in [0.2, 0.25) is 18.1 Å². The molecule has 0 bridgehead atoms. The van der Waals surface area contributed by atoms with Crippen LogP contribution in [0.25, 0.3) is 0 Å². The van der Waals surface area contributed by atoms with Gasteiger partial charge in [0.25, 0.3) is 0 Å². The summed E-state index contributed by atoms with van der Waals surface area (Å²) in [6.07, 6.45) is 0.330. The highest BCUT2D eigenvalue weighted by Gasteiger charge is 2.37. The molecule has 0 spiro atoms. The fourth-order valence-electron chi connectivity index (χ4n) is 2.10. The third-order valence-corrected chi connectivity index (χ3v) is 9.16. The lowest BCUT2D eigenvalue weighted by Crippen LogP contribution is -2.49. The van der Waals surface area contributed by atoms with E-state index >= 15 is 0 Å². The number of rotatable bonds is 4. The molecule has 0 aliphatic carbocycles. The number of nitrogens with zero attached hydrogens (tertiary/aromatic N) is 1. The number of carbonyl (C=O) groups excluding carboxylic acids is 2. The molecule has 1 fully saturated rings. The molecule has 3 amide bonds. The van der Waals surface area contributed by atoms with Gasteiger partial charge in [0.2, 0.25) is 5.91 Å². The van der Waals surface area contributed by atoms with Gasteiger partial charge in [0.15, 0.2) is 8.32 Å². The van der Waals surface area contributed by atoms with Crippen LogP contribution in [0.4, 0.5) is 10.5 Å². The topological polar surface area (TPSA) is 58.6 Å². The second kappa shape index (κ2) is 6.45. The summed E-state index contributed by atoms with van der Waals surface area (Å²) in [6.45, 7) is 12.0. The van der Waals surface area contributed by atoms with Gasteiger partial charge in [-0.2, -0.15) is 0 Å². The maximum Gasteiger partial charge on any atom is 0.328 e. The van der Waals surface area contributed by atoms with E-state index in [2.05, 4.69) is 39.2 Å². The fraction of sp³-hybridized carbons (Fsp3) is 0.529. The Bertz CT molecular complexity index is 608. The van der Waals surface area contributed by atoms with Crippen LogP contribution < -0.4 is 10.2 Å². The van der Waals surface area contributed by atoms with Gasteiger partial charge in [0.05, 0.1) is 6.61 Å². The number of hydrogen-bond acceptors (Lipinski definition) is 3. The molecule has 1 N–H and O–H groups in total. The standard InChI is InChI=1S/C17H26N2O3Si/c1-17(2,3)23(4,5)22-12-13-7-6-8-14(11-13)19-10-9-15(20)18-16(19)21/h6-8,11H,9-10,12H2,1-5H3,(H,18,20,21). The maximum atomic E-state index is 11.9. The Kier molecular flexibility index (Phi) is 4.96. The van der Waals surface area contributed by atoms with E-state index in [0.29, 0.717) is 19.6 Å². The van der Waals surface area contributed by atoms with Crippen LogP contribution >= 0.6 is 0 Å². The monoisotopic (exact) mass is 334 g/mol. The molecule has 2 rings (SSSR count). The van der Waals surface area contributed by atoms with E-state index in [-0.39, 0.29) is 17.0 Å². The summed E-state index contributed by atoms with van der Waals surface area (Å²) < 4.78 is 6.23. The molecule has 5 nitrogen and oxygen atoms in total. The highest BCUT2D eigenvalue weighted by molar-refractivity contribution is 6.74. The van der Waals surface area contributed by atoms with Crippen LogP contribution in [0, 0.1) is 0 Å². The summed E-state index contributed by atoms with van der Waals surface area (Å²) >= 11 is 0. The molecule has 1 aromatic carbocycles. The van der Waals surface area contributed by atoms with Gasteiger partial charge in [-0.25, -0.2) is 4.79 Å². The first-order valence-electron chi connectivity index (χ1n) is 7.94. The minimum Gasteiger partial charge on any atom is -0.413 e. The molecule has 1 aromatic rings. The van der Waals surface area contributed by atoms with Crippen molar-refractivity contribution in [1.29, 1.82) is 0 Å². The Labute approximate surface area is 139 Å². The van der Waals surface area contributed by atoms with Crippen LogP contribution in [-0.4, -0.2) is 26.8 Å². The second-order valence-corrected chi connectivity index (χ2v) is 12.3. The maximum absolute atomic E-state index is 11.9. The van der Waals surface area contributed by atoms with Gasteiger partial charge in [-0.1, -0.05) is 32.9 Å². The molecule has 1 saturated heterocycles. The molecule has 0 saturated carbocycles. The van der Waals surface area contributed by atoms with Crippen molar-refractivity contribution < 1.29 is 14.0 Å². The van der Waals surface area contributed by atoms with E-state index in [4.69, 9.17) is 4.43 Å². The van der Waals surface area contributed by atoms with Gasteiger partial charge in [-0.15, -0.1) is 0 Å². The predicted molar refractivity (Wildman–Crippen MR) is 93.9 cm³/mol. The molecule has 0 unspecified atom stereocenters. The zero-order valence-corrected chi connectivity index (χ0v) is 15.6.